The monoisotopic (exact) mass is 260 g/mol. The van der Waals surface area contributed by atoms with E-state index in [0.29, 0.717) is 6.04 Å². The van der Waals surface area contributed by atoms with Crippen LogP contribution in [0.15, 0.2) is 24.3 Å². The standard InChI is InChI=1S/C15H20N2S/c1-11-6-2-3-7-12(11)16-10-15-17-13-8-4-5-9-14(13)18-15/h4-5,8-9,11-12,16H,2-3,6-7,10H2,1H3. The fraction of sp³-hybridized carbons (Fsp3) is 0.533. The Kier molecular flexibility index (Phi) is 3.62. The van der Waals surface area contributed by atoms with Crippen LogP contribution in [0.4, 0.5) is 0 Å². The zero-order valence-electron chi connectivity index (χ0n) is 10.9. The highest BCUT2D eigenvalue weighted by atomic mass is 32.1. The molecule has 96 valence electrons. The molecule has 0 aliphatic heterocycles. The molecule has 0 bridgehead atoms. The first-order chi connectivity index (χ1) is 8.83. The molecule has 1 N–H and O–H groups in total. The number of nitrogens with one attached hydrogen (secondary N) is 1. The summed E-state index contributed by atoms with van der Waals surface area (Å²) in [6.07, 6.45) is 5.48. The van der Waals surface area contributed by atoms with E-state index in [1.165, 1.54) is 35.4 Å². The van der Waals surface area contributed by atoms with E-state index in [1.54, 1.807) is 0 Å². The van der Waals surface area contributed by atoms with Crippen LogP contribution >= 0.6 is 11.3 Å². The molecule has 18 heavy (non-hydrogen) atoms. The van der Waals surface area contributed by atoms with Gasteiger partial charge in [0.25, 0.3) is 0 Å². The largest absolute Gasteiger partial charge is 0.307 e. The first-order valence-corrected chi connectivity index (χ1v) is 7.72. The van der Waals surface area contributed by atoms with Gasteiger partial charge in [-0.05, 0) is 30.9 Å². The summed E-state index contributed by atoms with van der Waals surface area (Å²) in [7, 11) is 0. The zero-order chi connectivity index (χ0) is 12.4. The molecular formula is C15H20N2S. The van der Waals surface area contributed by atoms with Crippen LogP contribution in [0, 0.1) is 5.92 Å². The van der Waals surface area contributed by atoms with Gasteiger partial charge < -0.3 is 5.32 Å². The second kappa shape index (κ2) is 5.37. The van der Waals surface area contributed by atoms with Gasteiger partial charge in [0.05, 0.1) is 10.2 Å². The molecule has 1 aliphatic rings. The summed E-state index contributed by atoms with van der Waals surface area (Å²) in [4.78, 5) is 4.68. The maximum Gasteiger partial charge on any atom is 0.108 e. The molecule has 1 aromatic heterocycles. The van der Waals surface area contributed by atoms with E-state index in [0.717, 1.165) is 18.0 Å². The average molecular weight is 260 g/mol. The maximum atomic E-state index is 4.68. The summed E-state index contributed by atoms with van der Waals surface area (Å²) in [6.45, 7) is 3.30. The lowest BCUT2D eigenvalue weighted by molar-refractivity contribution is 0.279. The van der Waals surface area contributed by atoms with Crippen LogP contribution in [0.5, 0.6) is 0 Å². The Hall–Kier alpha value is -0.930. The van der Waals surface area contributed by atoms with Gasteiger partial charge in [-0.3, -0.25) is 0 Å². The number of nitrogens with zero attached hydrogens (tertiary/aromatic N) is 1. The van der Waals surface area contributed by atoms with Crippen LogP contribution in [0.1, 0.15) is 37.6 Å². The van der Waals surface area contributed by atoms with Gasteiger partial charge in [-0.2, -0.15) is 0 Å². The number of thiazole rings is 1. The summed E-state index contributed by atoms with van der Waals surface area (Å²) in [5.41, 5.74) is 1.14. The van der Waals surface area contributed by atoms with Crippen molar-refractivity contribution in [1.29, 1.82) is 0 Å². The van der Waals surface area contributed by atoms with Gasteiger partial charge in [-0.25, -0.2) is 4.98 Å². The zero-order valence-corrected chi connectivity index (χ0v) is 11.7. The third-order valence-electron chi connectivity index (χ3n) is 3.97. The Balaban J connectivity index is 1.65. The van der Waals surface area contributed by atoms with Gasteiger partial charge >= 0.3 is 0 Å². The Bertz CT molecular complexity index is 487. The molecular weight excluding hydrogens is 240 g/mol. The molecule has 2 unspecified atom stereocenters. The smallest absolute Gasteiger partial charge is 0.108 e. The number of hydrogen-bond donors (Lipinski definition) is 1. The lowest BCUT2D eigenvalue weighted by Crippen LogP contribution is -2.36. The number of rotatable bonds is 3. The van der Waals surface area contributed by atoms with Crippen molar-refractivity contribution in [2.45, 2.75) is 45.2 Å². The number of aromatic nitrogens is 1. The topological polar surface area (TPSA) is 24.9 Å². The molecule has 0 amide bonds. The van der Waals surface area contributed by atoms with E-state index in [4.69, 9.17) is 0 Å². The third-order valence-corrected chi connectivity index (χ3v) is 5.00. The minimum absolute atomic E-state index is 0.686. The van der Waals surface area contributed by atoms with Gasteiger partial charge in [-0.15, -0.1) is 11.3 Å². The van der Waals surface area contributed by atoms with Gasteiger partial charge in [0.2, 0.25) is 0 Å². The summed E-state index contributed by atoms with van der Waals surface area (Å²) in [5, 5.41) is 4.91. The van der Waals surface area contributed by atoms with Crippen molar-refractivity contribution < 1.29 is 0 Å². The second-order valence-corrected chi connectivity index (χ2v) is 6.44. The summed E-state index contributed by atoms with van der Waals surface area (Å²) in [5.74, 6) is 0.813. The first-order valence-electron chi connectivity index (χ1n) is 6.91. The van der Waals surface area contributed by atoms with E-state index in [9.17, 15) is 0 Å². The summed E-state index contributed by atoms with van der Waals surface area (Å²) in [6, 6.07) is 9.08. The second-order valence-electron chi connectivity index (χ2n) is 5.32. The molecule has 1 fully saturated rings. The van der Waals surface area contributed by atoms with Crippen molar-refractivity contribution in [2.24, 2.45) is 5.92 Å². The third kappa shape index (κ3) is 2.57. The normalized spacial score (nSPS) is 24.5. The van der Waals surface area contributed by atoms with E-state index in [2.05, 4.69) is 41.5 Å². The molecule has 3 rings (SSSR count). The van der Waals surface area contributed by atoms with Crippen molar-refractivity contribution in [2.75, 3.05) is 0 Å². The van der Waals surface area contributed by atoms with Crippen LogP contribution in [-0.4, -0.2) is 11.0 Å². The highest BCUT2D eigenvalue weighted by molar-refractivity contribution is 7.18. The van der Waals surface area contributed by atoms with Gasteiger partial charge in [-0.1, -0.05) is 31.9 Å². The Morgan fingerprint density at radius 2 is 2.11 bits per heavy atom. The van der Waals surface area contributed by atoms with Crippen molar-refractivity contribution in [3.8, 4) is 0 Å². The highest BCUT2D eigenvalue weighted by Crippen LogP contribution is 2.25. The molecule has 0 spiro atoms. The molecule has 1 heterocycles. The van der Waals surface area contributed by atoms with Crippen LogP contribution in [0.25, 0.3) is 10.2 Å². The van der Waals surface area contributed by atoms with Gasteiger partial charge in [0.1, 0.15) is 5.01 Å². The van der Waals surface area contributed by atoms with E-state index in [1.807, 2.05) is 11.3 Å². The van der Waals surface area contributed by atoms with E-state index < -0.39 is 0 Å². The quantitative estimate of drug-likeness (QED) is 0.903. The maximum absolute atomic E-state index is 4.68. The van der Waals surface area contributed by atoms with Crippen molar-refractivity contribution in [3.63, 3.8) is 0 Å². The van der Waals surface area contributed by atoms with Crippen LogP contribution in [-0.2, 0) is 6.54 Å². The van der Waals surface area contributed by atoms with E-state index >= 15 is 0 Å². The molecule has 2 aromatic rings. The predicted octanol–water partition coefficient (Wildman–Crippen LogP) is 3.96. The SMILES string of the molecule is CC1CCCCC1NCc1nc2ccccc2s1. The molecule has 0 saturated heterocycles. The lowest BCUT2D eigenvalue weighted by atomic mass is 9.86. The molecule has 2 atom stereocenters. The molecule has 1 saturated carbocycles. The van der Waals surface area contributed by atoms with Crippen LogP contribution < -0.4 is 5.32 Å². The fourth-order valence-corrected chi connectivity index (χ4v) is 3.75. The fourth-order valence-electron chi connectivity index (χ4n) is 2.83. The minimum Gasteiger partial charge on any atom is -0.307 e. The van der Waals surface area contributed by atoms with Gasteiger partial charge in [0, 0.05) is 12.6 Å². The Labute approximate surface area is 112 Å². The molecule has 3 heteroatoms. The Morgan fingerprint density at radius 1 is 1.28 bits per heavy atom. The summed E-state index contributed by atoms with van der Waals surface area (Å²) < 4.78 is 1.30. The number of fused-ring (bicyclic) bond motifs is 1. The average Bonchev–Trinajstić information content (AvgIpc) is 2.80. The van der Waals surface area contributed by atoms with E-state index in [-0.39, 0.29) is 0 Å². The predicted molar refractivity (Wildman–Crippen MR) is 77.9 cm³/mol. The summed E-state index contributed by atoms with van der Waals surface area (Å²) >= 11 is 1.81. The number of benzene rings is 1. The molecule has 1 aliphatic carbocycles. The number of hydrogen-bond acceptors (Lipinski definition) is 3. The van der Waals surface area contributed by atoms with Crippen molar-refractivity contribution >= 4 is 21.6 Å². The Morgan fingerprint density at radius 3 is 2.94 bits per heavy atom. The molecule has 1 aromatic carbocycles. The van der Waals surface area contributed by atoms with Gasteiger partial charge in [0.15, 0.2) is 0 Å². The number of para-hydroxylation sites is 1. The molecule has 2 nitrogen and oxygen atoms in total. The highest BCUT2D eigenvalue weighted by Gasteiger charge is 2.20. The van der Waals surface area contributed by atoms with Crippen LogP contribution in [0.2, 0.25) is 0 Å². The molecule has 0 radical (unpaired) electrons. The van der Waals surface area contributed by atoms with Crippen LogP contribution in [0.3, 0.4) is 0 Å². The van der Waals surface area contributed by atoms with Crippen molar-refractivity contribution in [3.05, 3.63) is 29.3 Å². The first kappa shape index (κ1) is 12.1. The minimum atomic E-state index is 0.686. The lowest BCUT2D eigenvalue weighted by Gasteiger charge is -2.29. The van der Waals surface area contributed by atoms with Crippen molar-refractivity contribution in [1.82, 2.24) is 10.3 Å².